The van der Waals surface area contributed by atoms with Gasteiger partial charge in [-0.15, -0.1) is 0 Å². The molecule has 2 nitrogen and oxygen atoms in total. The van der Waals surface area contributed by atoms with Crippen LogP contribution >= 0.6 is 15.9 Å². The SMILES string of the molecule is Cc1cnc(N)c(C2(C)CCC(Br)C2)c1. The van der Waals surface area contributed by atoms with Crippen LogP contribution in [0.25, 0.3) is 0 Å². The molecule has 0 bridgehead atoms. The molecular weight excluding hydrogens is 252 g/mol. The summed E-state index contributed by atoms with van der Waals surface area (Å²) in [4.78, 5) is 4.88. The molecule has 1 fully saturated rings. The van der Waals surface area contributed by atoms with Gasteiger partial charge in [-0.3, -0.25) is 0 Å². The first-order chi connectivity index (χ1) is 7.01. The van der Waals surface area contributed by atoms with E-state index in [0.29, 0.717) is 10.6 Å². The number of nitrogens with two attached hydrogens (primary N) is 1. The minimum absolute atomic E-state index is 0.206. The number of alkyl halides is 1. The lowest BCUT2D eigenvalue weighted by Gasteiger charge is -2.25. The smallest absolute Gasteiger partial charge is 0.127 e. The third kappa shape index (κ3) is 2.03. The molecule has 82 valence electrons. The maximum Gasteiger partial charge on any atom is 0.127 e. The predicted molar refractivity (Wildman–Crippen MR) is 67.3 cm³/mol. The van der Waals surface area contributed by atoms with Gasteiger partial charge >= 0.3 is 0 Å². The second kappa shape index (κ2) is 3.78. The molecule has 15 heavy (non-hydrogen) atoms. The first-order valence-electron chi connectivity index (χ1n) is 5.38. The van der Waals surface area contributed by atoms with Crippen molar-refractivity contribution in [2.45, 2.75) is 43.4 Å². The van der Waals surface area contributed by atoms with Crippen molar-refractivity contribution < 1.29 is 0 Å². The maximum absolute atomic E-state index is 5.97. The van der Waals surface area contributed by atoms with Gasteiger partial charge in [0.2, 0.25) is 0 Å². The molecule has 1 aliphatic carbocycles. The molecule has 0 aromatic carbocycles. The summed E-state index contributed by atoms with van der Waals surface area (Å²) in [5.41, 5.74) is 8.60. The lowest BCUT2D eigenvalue weighted by atomic mass is 9.81. The van der Waals surface area contributed by atoms with Crippen LogP contribution in [0.5, 0.6) is 0 Å². The van der Waals surface area contributed by atoms with Crippen LogP contribution in [0, 0.1) is 6.92 Å². The Morgan fingerprint density at radius 1 is 1.60 bits per heavy atom. The Labute approximate surface area is 99.4 Å². The highest BCUT2D eigenvalue weighted by molar-refractivity contribution is 9.09. The van der Waals surface area contributed by atoms with Crippen LogP contribution in [-0.4, -0.2) is 9.81 Å². The van der Waals surface area contributed by atoms with Crippen molar-refractivity contribution in [3.8, 4) is 0 Å². The normalized spacial score (nSPS) is 30.7. The zero-order valence-corrected chi connectivity index (χ0v) is 10.8. The molecule has 0 amide bonds. The summed E-state index contributed by atoms with van der Waals surface area (Å²) in [5, 5.41) is 0. The number of aromatic nitrogens is 1. The highest BCUT2D eigenvalue weighted by atomic mass is 79.9. The van der Waals surface area contributed by atoms with E-state index in [2.05, 4.69) is 40.8 Å². The molecule has 1 heterocycles. The number of anilines is 1. The number of aryl methyl sites for hydroxylation is 1. The lowest BCUT2D eigenvalue weighted by Crippen LogP contribution is -2.20. The number of halogens is 1. The van der Waals surface area contributed by atoms with E-state index in [4.69, 9.17) is 5.73 Å². The van der Waals surface area contributed by atoms with Gasteiger partial charge in [0.1, 0.15) is 5.82 Å². The highest BCUT2D eigenvalue weighted by Gasteiger charge is 2.37. The zero-order valence-electron chi connectivity index (χ0n) is 9.26. The van der Waals surface area contributed by atoms with E-state index in [-0.39, 0.29) is 5.41 Å². The Hall–Kier alpha value is -0.570. The molecule has 0 aliphatic heterocycles. The summed E-state index contributed by atoms with van der Waals surface area (Å²) in [6, 6.07) is 2.19. The number of hydrogen-bond acceptors (Lipinski definition) is 2. The van der Waals surface area contributed by atoms with Gasteiger partial charge in [0.15, 0.2) is 0 Å². The predicted octanol–water partition coefficient (Wildman–Crippen LogP) is 3.18. The zero-order chi connectivity index (χ0) is 11.1. The van der Waals surface area contributed by atoms with E-state index in [1.807, 2.05) is 6.20 Å². The third-order valence-electron chi connectivity index (χ3n) is 3.39. The van der Waals surface area contributed by atoms with E-state index >= 15 is 0 Å². The molecule has 2 atom stereocenters. The Bertz CT molecular complexity index is 378. The van der Waals surface area contributed by atoms with Gasteiger partial charge in [0.25, 0.3) is 0 Å². The Morgan fingerprint density at radius 2 is 2.33 bits per heavy atom. The Balaban J connectivity index is 2.40. The van der Waals surface area contributed by atoms with Gasteiger partial charge in [-0.2, -0.15) is 0 Å². The molecule has 1 aromatic rings. The summed E-state index contributed by atoms with van der Waals surface area (Å²) >= 11 is 3.69. The monoisotopic (exact) mass is 268 g/mol. The standard InChI is InChI=1S/C12H17BrN2/c1-8-5-10(11(14)15-7-8)12(2)4-3-9(13)6-12/h5,7,9H,3-4,6H2,1-2H3,(H2,14,15). The minimum atomic E-state index is 0.206. The quantitative estimate of drug-likeness (QED) is 0.795. The van der Waals surface area contributed by atoms with E-state index in [1.165, 1.54) is 24.0 Å². The van der Waals surface area contributed by atoms with Crippen molar-refractivity contribution in [1.82, 2.24) is 4.98 Å². The lowest BCUT2D eigenvalue weighted by molar-refractivity contribution is 0.493. The summed E-state index contributed by atoms with van der Waals surface area (Å²) in [6.45, 7) is 4.36. The largest absolute Gasteiger partial charge is 0.383 e. The maximum atomic E-state index is 5.97. The summed E-state index contributed by atoms with van der Waals surface area (Å²) in [7, 11) is 0. The van der Waals surface area contributed by atoms with Crippen molar-refractivity contribution in [2.24, 2.45) is 0 Å². The van der Waals surface area contributed by atoms with Crippen molar-refractivity contribution >= 4 is 21.7 Å². The van der Waals surface area contributed by atoms with E-state index in [9.17, 15) is 0 Å². The van der Waals surface area contributed by atoms with Crippen molar-refractivity contribution in [1.29, 1.82) is 0 Å². The molecule has 2 N–H and O–H groups in total. The first-order valence-corrected chi connectivity index (χ1v) is 6.29. The van der Waals surface area contributed by atoms with Crippen LogP contribution in [0.15, 0.2) is 12.3 Å². The molecule has 0 saturated heterocycles. The first kappa shape index (κ1) is 10.9. The molecule has 1 aliphatic rings. The molecule has 1 saturated carbocycles. The highest BCUT2D eigenvalue weighted by Crippen LogP contribution is 2.45. The van der Waals surface area contributed by atoms with E-state index in [1.54, 1.807) is 0 Å². The molecule has 1 aromatic heterocycles. The van der Waals surface area contributed by atoms with Gasteiger partial charge in [0, 0.05) is 16.6 Å². The van der Waals surface area contributed by atoms with Gasteiger partial charge in [-0.1, -0.05) is 28.9 Å². The van der Waals surface area contributed by atoms with Crippen LogP contribution in [-0.2, 0) is 5.41 Å². The van der Waals surface area contributed by atoms with Crippen LogP contribution in [0.3, 0.4) is 0 Å². The van der Waals surface area contributed by atoms with Crippen molar-refractivity contribution in [3.63, 3.8) is 0 Å². The number of nitrogen functional groups attached to an aromatic ring is 1. The van der Waals surface area contributed by atoms with Gasteiger partial charge < -0.3 is 5.73 Å². The van der Waals surface area contributed by atoms with Crippen LogP contribution in [0.4, 0.5) is 5.82 Å². The molecular formula is C12H17BrN2. The van der Waals surface area contributed by atoms with Gasteiger partial charge in [0.05, 0.1) is 0 Å². The number of nitrogens with zero attached hydrogens (tertiary/aromatic N) is 1. The Kier molecular flexibility index (Phi) is 2.75. The number of pyridine rings is 1. The number of hydrogen-bond donors (Lipinski definition) is 1. The fraction of sp³-hybridized carbons (Fsp3) is 0.583. The fourth-order valence-electron chi connectivity index (χ4n) is 2.48. The Morgan fingerprint density at radius 3 is 2.93 bits per heavy atom. The summed E-state index contributed by atoms with van der Waals surface area (Å²) in [5.74, 6) is 0.699. The second-order valence-electron chi connectivity index (χ2n) is 4.85. The molecule has 0 spiro atoms. The molecule has 3 heteroatoms. The summed E-state index contributed by atoms with van der Waals surface area (Å²) < 4.78 is 0. The van der Waals surface area contributed by atoms with E-state index < -0.39 is 0 Å². The van der Waals surface area contributed by atoms with Gasteiger partial charge in [-0.05, 0) is 37.2 Å². The second-order valence-corrected chi connectivity index (χ2v) is 6.14. The van der Waals surface area contributed by atoms with Crippen molar-refractivity contribution in [2.75, 3.05) is 5.73 Å². The van der Waals surface area contributed by atoms with Crippen LogP contribution in [0.1, 0.15) is 37.3 Å². The molecule has 0 radical (unpaired) electrons. The average molecular weight is 269 g/mol. The topological polar surface area (TPSA) is 38.9 Å². The molecule has 2 unspecified atom stereocenters. The third-order valence-corrected chi connectivity index (χ3v) is 4.17. The van der Waals surface area contributed by atoms with Crippen molar-refractivity contribution in [3.05, 3.63) is 23.4 Å². The minimum Gasteiger partial charge on any atom is -0.383 e. The molecule has 2 rings (SSSR count). The van der Waals surface area contributed by atoms with E-state index in [0.717, 1.165) is 6.42 Å². The number of rotatable bonds is 1. The average Bonchev–Trinajstić information content (AvgIpc) is 2.52. The summed E-state index contributed by atoms with van der Waals surface area (Å²) in [6.07, 6.45) is 5.41. The van der Waals surface area contributed by atoms with Crippen LogP contribution < -0.4 is 5.73 Å². The van der Waals surface area contributed by atoms with Gasteiger partial charge in [-0.25, -0.2) is 4.98 Å². The van der Waals surface area contributed by atoms with Crippen LogP contribution in [0.2, 0.25) is 0 Å². The fourth-order valence-corrected chi connectivity index (χ4v) is 3.42.